The second-order valence-corrected chi connectivity index (χ2v) is 9.77. The van der Waals surface area contributed by atoms with Gasteiger partial charge in [0.15, 0.2) is 0 Å². The molecule has 1 unspecified atom stereocenters. The molecule has 8 heteroatoms. The van der Waals surface area contributed by atoms with Gasteiger partial charge in [0.25, 0.3) is 0 Å². The first-order chi connectivity index (χ1) is 16.5. The molecule has 182 valence electrons. The van der Waals surface area contributed by atoms with Gasteiger partial charge in [-0.1, -0.05) is 0 Å². The zero-order valence-corrected chi connectivity index (χ0v) is 20.8. The molecule has 34 heavy (non-hydrogen) atoms. The number of aromatic nitrogens is 5. The standard InChI is InChI=1S/C26H36N6O2/c1-18(2)30-11-7-20(8-12-30)19(3)31-17-21(15-28-31)26-23-9-13-34-14-10-24(23)32(29-26)22-5-6-25(33-4)27-16-22/h5-6,15-20H,7-14H2,1-4H3. The van der Waals surface area contributed by atoms with E-state index in [2.05, 4.69) is 41.5 Å². The number of fused-ring (bicyclic) bond motifs is 1. The third kappa shape index (κ3) is 4.49. The molecule has 0 radical (unpaired) electrons. The van der Waals surface area contributed by atoms with Gasteiger partial charge in [0.05, 0.1) is 55.8 Å². The van der Waals surface area contributed by atoms with Crippen LogP contribution in [0.2, 0.25) is 0 Å². The molecular formula is C26H36N6O2. The van der Waals surface area contributed by atoms with E-state index in [4.69, 9.17) is 19.7 Å². The topological polar surface area (TPSA) is 70.2 Å². The maximum Gasteiger partial charge on any atom is 0.213 e. The largest absolute Gasteiger partial charge is 0.481 e. The van der Waals surface area contributed by atoms with Crippen molar-refractivity contribution >= 4 is 0 Å². The maximum atomic E-state index is 5.80. The van der Waals surface area contributed by atoms with E-state index in [1.54, 1.807) is 7.11 Å². The minimum atomic E-state index is 0.373. The maximum absolute atomic E-state index is 5.80. The smallest absolute Gasteiger partial charge is 0.213 e. The molecule has 3 aromatic heterocycles. The number of likely N-dealkylation sites (tertiary alicyclic amines) is 1. The van der Waals surface area contributed by atoms with E-state index >= 15 is 0 Å². The van der Waals surface area contributed by atoms with Crippen molar-refractivity contribution in [2.24, 2.45) is 5.92 Å². The van der Waals surface area contributed by atoms with Crippen LogP contribution in [-0.2, 0) is 17.6 Å². The Morgan fingerprint density at radius 1 is 1.06 bits per heavy atom. The monoisotopic (exact) mass is 464 g/mol. The van der Waals surface area contributed by atoms with Crippen molar-refractivity contribution in [1.29, 1.82) is 0 Å². The molecule has 0 N–H and O–H groups in total. The summed E-state index contributed by atoms with van der Waals surface area (Å²) in [4.78, 5) is 6.97. The number of pyridine rings is 1. The van der Waals surface area contributed by atoms with E-state index in [9.17, 15) is 0 Å². The van der Waals surface area contributed by atoms with Gasteiger partial charge in [-0.15, -0.1) is 0 Å². The summed E-state index contributed by atoms with van der Waals surface area (Å²) in [7, 11) is 1.63. The van der Waals surface area contributed by atoms with E-state index in [1.807, 2.05) is 29.2 Å². The molecule has 2 aliphatic heterocycles. The second-order valence-electron chi connectivity index (χ2n) is 9.77. The van der Waals surface area contributed by atoms with Gasteiger partial charge in [-0.2, -0.15) is 10.2 Å². The number of piperidine rings is 1. The molecule has 2 aliphatic rings. The second kappa shape index (κ2) is 9.88. The van der Waals surface area contributed by atoms with Crippen LogP contribution in [0.3, 0.4) is 0 Å². The Bertz CT molecular complexity index is 1100. The first-order valence-corrected chi connectivity index (χ1v) is 12.5. The summed E-state index contributed by atoms with van der Waals surface area (Å²) < 4.78 is 15.2. The van der Waals surface area contributed by atoms with Crippen LogP contribution in [0.15, 0.2) is 30.7 Å². The molecule has 0 saturated carbocycles. The number of methoxy groups -OCH3 is 1. The van der Waals surface area contributed by atoms with Crippen LogP contribution in [-0.4, -0.2) is 68.9 Å². The summed E-state index contributed by atoms with van der Waals surface area (Å²) in [5.41, 5.74) is 5.46. The fourth-order valence-electron chi connectivity index (χ4n) is 5.33. The Balaban J connectivity index is 1.42. The number of hydrogen-bond donors (Lipinski definition) is 0. The highest BCUT2D eigenvalue weighted by atomic mass is 16.5. The third-order valence-corrected chi connectivity index (χ3v) is 7.52. The summed E-state index contributed by atoms with van der Waals surface area (Å²) in [6.45, 7) is 10.7. The highest BCUT2D eigenvalue weighted by Crippen LogP contribution is 2.33. The van der Waals surface area contributed by atoms with Crippen LogP contribution in [0.5, 0.6) is 5.88 Å². The molecule has 0 amide bonds. The average Bonchev–Trinajstić information content (AvgIpc) is 3.41. The molecular weight excluding hydrogens is 428 g/mol. The first kappa shape index (κ1) is 23.1. The number of hydrogen-bond acceptors (Lipinski definition) is 6. The van der Waals surface area contributed by atoms with Gasteiger partial charge >= 0.3 is 0 Å². The number of nitrogens with zero attached hydrogens (tertiary/aromatic N) is 6. The van der Waals surface area contributed by atoms with E-state index in [-0.39, 0.29) is 0 Å². The fraction of sp³-hybridized carbons (Fsp3) is 0.577. The van der Waals surface area contributed by atoms with Crippen molar-refractivity contribution in [3.63, 3.8) is 0 Å². The molecule has 1 fully saturated rings. The van der Waals surface area contributed by atoms with Crippen LogP contribution in [0.25, 0.3) is 16.9 Å². The van der Waals surface area contributed by atoms with Crippen LogP contribution >= 0.6 is 0 Å². The van der Waals surface area contributed by atoms with E-state index in [0.29, 0.717) is 37.1 Å². The molecule has 8 nitrogen and oxygen atoms in total. The van der Waals surface area contributed by atoms with Gasteiger partial charge in [-0.25, -0.2) is 9.67 Å². The van der Waals surface area contributed by atoms with Crippen molar-refractivity contribution in [1.82, 2.24) is 29.4 Å². The summed E-state index contributed by atoms with van der Waals surface area (Å²) in [5.74, 6) is 1.25. The van der Waals surface area contributed by atoms with Gasteiger partial charge in [-0.05, 0) is 65.1 Å². The lowest BCUT2D eigenvalue weighted by molar-refractivity contribution is 0.124. The quantitative estimate of drug-likeness (QED) is 0.550. The number of ether oxygens (including phenoxy) is 2. The van der Waals surface area contributed by atoms with Crippen LogP contribution in [0, 0.1) is 5.92 Å². The fourth-order valence-corrected chi connectivity index (χ4v) is 5.33. The summed E-state index contributed by atoms with van der Waals surface area (Å²) in [6, 6.07) is 4.88. The van der Waals surface area contributed by atoms with Crippen molar-refractivity contribution in [3.8, 4) is 22.8 Å². The van der Waals surface area contributed by atoms with Gasteiger partial charge in [0.2, 0.25) is 5.88 Å². The zero-order chi connectivity index (χ0) is 23.7. The van der Waals surface area contributed by atoms with E-state index < -0.39 is 0 Å². The van der Waals surface area contributed by atoms with Crippen LogP contribution in [0.1, 0.15) is 50.9 Å². The van der Waals surface area contributed by atoms with Gasteiger partial charge in [-0.3, -0.25) is 4.68 Å². The predicted octanol–water partition coefficient (Wildman–Crippen LogP) is 3.94. The normalized spacial score (nSPS) is 18.6. The van der Waals surface area contributed by atoms with Crippen molar-refractivity contribution in [2.45, 2.75) is 58.5 Å². The summed E-state index contributed by atoms with van der Waals surface area (Å²) in [5, 5.41) is 9.86. The highest BCUT2D eigenvalue weighted by Gasteiger charge is 2.28. The lowest BCUT2D eigenvalue weighted by Crippen LogP contribution is -2.40. The average molecular weight is 465 g/mol. The van der Waals surface area contributed by atoms with Crippen molar-refractivity contribution < 1.29 is 9.47 Å². The molecule has 1 saturated heterocycles. The van der Waals surface area contributed by atoms with E-state index in [1.165, 1.54) is 37.2 Å². The zero-order valence-electron chi connectivity index (χ0n) is 20.8. The first-order valence-electron chi connectivity index (χ1n) is 12.5. The lowest BCUT2D eigenvalue weighted by Gasteiger charge is -2.37. The minimum absolute atomic E-state index is 0.373. The molecule has 5 heterocycles. The van der Waals surface area contributed by atoms with Gasteiger partial charge < -0.3 is 14.4 Å². The van der Waals surface area contributed by atoms with Gasteiger partial charge in [0, 0.05) is 35.9 Å². The molecule has 0 aliphatic carbocycles. The Morgan fingerprint density at radius 2 is 1.85 bits per heavy atom. The van der Waals surface area contributed by atoms with Crippen molar-refractivity contribution in [3.05, 3.63) is 42.0 Å². The van der Waals surface area contributed by atoms with Gasteiger partial charge in [0.1, 0.15) is 0 Å². The minimum Gasteiger partial charge on any atom is -0.481 e. The molecule has 1 atom stereocenters. The van der Waals surface area contributed by atoms with E-state index in [0.717, 1.165) is 29.8 Å². The lowest BCUT2D eigenvalue weighted by atomic mass is 9.90. The Morgan fingerprint density at radius 3 is 2.56 bits per heavy atom. The third-order valence-electron chi connectivity index (χ3n) is 7.52. The molecule has 0 spiro atoms. The highest BCUT2D eigenvalue weighted by molar-refractivity contribution is 5.64. The predicted molar refractivity (Wildman–Crippen MR) is 132 cm³/mol. The van der Waals surface area contributed by atoms with Crippen molar-refractivity contribution in [2.75, 3.05) is 33.4 Å². The molecule has 5 rings (SSSR count). The summed E-state index contributed by atoms with van der Waals surface area (Å²) >= 11 is 0. The van der Waals surface area contributed by atoms with Crippen LogP contribution < -0.4 is 4.74 Å². The number of rotatable bonds is 6. The summed E-state index contributed by atoms with van der Waals surface area (Å²) in [6.07, 6.45) is 10.1. The Hall–Kier alpha value is -2.71. The Labute approximate surface area is 201 Å². The molecule has 3 aromatic rings. The molecule has 0 aromatic carbocycles. The SMILES string of the molecule is COc1ccc(-n2nc(-c3cnn(C(C)C4CCN(C(C)C)CC4)c3)c3c2CCOCC3)cn1. The molecule has 0 bridgehead atoms. The Kier molecular flexibility index (Phi) is 6.70. The van der Waals surface area contributed by atoms with Crippen LogP contribution in [0.4, 0.5) is 0 Å².